The second kappa shape index (κ2) is 7.00. The van der Waals surface area contributed by atoms with E-state index >= 15 is 0 Å². The minimum absolute atomic E-state index is 0.446. The van der Waals surface area contributed by atoms with Crippen molar-refractivity contribution in [2.45, 2.75) is 91.6 Å². The Morgan fingerprint density at radius 2 is 1.81 bits per heavy atom. The maximum atomic E-state index is 3.91. The smallest absolute Gasteiger partial charge is 0.0274 e. The molecule has 0 amide bonds. The van der Waals surface area contributed by atoms with Crippen LogP contribution >= 0.6 is 0 Å². The molecule has 2 heteroatoms. The third kappa shape index (κ3) is 3.64. The highest BCUT2D eigenvalue weighted by molar-refractivity contribution is 5.01. The lowest BCUT2D eigenvalue weighted by atomic mass is 9.70. The molecule has 0 spiro atoms. The molecule has 1 aliphatic heterocycles. The van der Waals surface area contributed by atoms with Crippen molar-refractivity contribution in [3.05, 3.63) is 0 Å². The van der Waals surface area contributed by atoms with Gasteiger partial charge in [-0.15, -0.1) is 0 Å². The largest absolute Gasteiger partial charge is 0.312 e. The molecular formula is C19H38N2. The number of nitrogens with one attached hydrogen (secondary N) is 1. The predicted molar refractivity (Wildman–Crippen MR) is 92.7 cm³/mol. The summed E-state index contributed by atoms with van der Waals surface area (Å²) in [6.45, 7) is 15.9. The summed E-state index contributed by atoms with van der Waals surface area (Å²) in [5, 5.41) is 3.91. The van der Waals surface area contributed by atoms with E-state index in [0.29, 0.717) is 16.9 Å². The van der Waals surface area contributed by atoms with Gasteiger partial charge >= 0.3 is 0 Å². The molecule has 1 aliphatic carbocycles. The standard InChI is InChI=1S/C19H38N2/c1-6-13-20-17-16(10-9-11-18(17,4)5)21-14-12-19(7-2,8-3)15-21/h16-17,20H,6-15H2,1-5H3. The molecule has 1 N–H and O–H groups in total. The summed E-state index contributed by atoms with van der Waals surface area (Å²) < 4.78 is 0. The summed E-state index contributed by atoms with van der Waals surface area (Å²) in [7, 11) is 0. The summed E-state index contributed by atoms with van der Waals surface area (Å²) in [4.78, 5) is 2.85. The van der Waals surface area contributed by atoms with Crippen LogP contribution in [0.3, 0.4) is 0 Å². The minimum atomic E-state index is 0.446. The quantitative estimate of drug-likeness (QED) is 0.779. The molecule has 2 fully saturated rings. The lowest BCUT2D eigenvalue weighted by molar-refractivity contribution is 0.0538. The van der Waals surface area contributed by atoms with Crippen LogP contribution in [0.5, 0.6) is 0 Å². The van der Waals surface area contributed by atoms with Gasteiger partial charge in [0.1, 0.15) is 0 Å². The van der Waals surface area contributed by atoms with Crippen LogP contribution in [0.2, 0.25) is 0 Å². The van der Waals surface area contributed by atoms with Gasteiger partial charge in [-0.3, -0.25) is 4.90 Å². The highest BCUT2D eigenvalue weighted by atomic mass is 15.2. The lowest BCUT2D eigenvalue weighted by Gasteiger charge is -2.48. The zero-order valence-electron chi connectivity index (χ0n) is 15.2. The van der Waals surface area contributed by atoms with Gasteiger partial charge in [-0.2, -0.15) is 0 Å². The van der Waals surface area contributed by atoms with E-state index in [0.717, 1.165) is 6.04 Å². The maximum Gasteiger partial charge on any atom is 0.0274 e. The molecule has 21 heavy (non-hydrogen) atoms. The zero-order valence-corrected chi connectivity index (χ0v) is 15.2. The minimum Gasteiger partial charge on any atom is -0.312 e. The van der Waals surface area contributed by atoms with Crippen LogP contribution < -0.4 is 5.32 Å². The molecule has 0 aromatic heterocycles. The van der Waals surface area contributed by atoms with Crippen molar-refractivity contribution >= 4 is 0 Å². The van der Waals surface area contributed by atoms with Crippen LogP contribution in [0.4, 0.5) is 0 Å². The van der Waals surface area contributed by atoms with Gasteiger partial charge < -0.3 is 5.32 Å². The Morgan fingerprint density at radius 3 is 2.38 bits per heavy atom. The first-order valence-electron chi connectivity index (χ1n) is 9.45. The molecule has 0 radical (unpaired) electrons. The van der Waals surface area contributed by atoms with Crippen LogP contribution in [0, 0.1) is 10.8 Å². The second-order valence-electron chi connectivity index (χ2n) is 8.31. The zero-order chi connectivity index (χ0) is 15.5. The molecular weight excluding hydrogens is 256 g/mol. The number of rotatable bonds is 6. The summed E-state index contributed by atoms with van der Waals surface area (Å²) in [5.74, 6) is 0. The van der Waals surface area contributed by atoms with Crippen LogP contribution in [-0.2, 0) is 0 Å². The van der Waals surface area contributed by atoms with E-state index in [4.69, 9.17) is 0 Å². The van der Waals surface area contributed by atoms with Crippen LogP contribution in [-0.4, -0.2) is 36.6 Å². The van der Waals surface area contributed by atoms with Gasteiger partial charge in [-0.1, -0.05) is 41.0 Å². The molecule has 0 bridgehead atoms. The van der Waals surface area contributed by atoms with Crippen LogP contribution in [0.1, 0.15) is 79.6 Å². The van der Waals surface area contributed by atoms with Gasteiger partial charge in [0, 0.05) is 18.6 Å². The monoisotopic (exact) mass is 294 g/mol. The van der Waals surface area contributed by atoms with Crippen molar-refractivity contribution in [2.24, 2.45) is 10.8 Å². The molecule has 2 unspecified atom stereocenters. The SMILES string of the molecule is CCCNC1C(N2CCC(CC)(CC)C2)CCCC1(C)C. The highest BCUT2D eigenvalue weighted by Gasteiger charge is 2.45. The summed E-state index contributed by atoms with van der Waals surface area (Å²) >= 11 is 0. The molecule has 0 aromatic carbocycles. The van der Waals surface area contributed by atoms with Gasteiger partial charge in [0.2, 0.25) is 0 Å². The van der Waals surface area contributed by atoms with E-state index in [1.165, 1.54) is 64.6 Å². The van der Waals surface area contributed by atoms with Gasteiger partial charge in [0.05, 0.1) is 0 Å². The van der Waals surface area contributed by atoms with Crippen molar-refractivity contribution in [1.29, 1.82) is 0 Å². The Bertz CT molecular complexity index is 320. The van der Waals surface area contributed by atoms with E-state index in [2.05, 4.69) is 44.8 Å². The summed E-state index contributed by atoms with van der Waals surface area (Å²) in [6, 6.07) is 1.44. The molecule has 2 aliphatic rings. The molecule has 124 valence electrons. The van der Waals surface area contributed by atoms with Crippen molar-refractivity contribution < 1.29 is 0 Å². The van der Waals surface area contributed by atoms with Crippen LogP contribution in [0.15, 0.2) is 0 Å². The Labute approximate surface area is 133 Å². The first-order chi connectivity index (χ1) is 9.98. The van der Waals surface area contributed by atoms with Gasteiger partial charge in [-0.05, 0) is 62.4 Å². The van der Waals surface area contributed by atoms with E-state index in [1.807, 2.05) is 0 Å². The fourth-order valence-corrected chi connectivity index (χ4v) is 4.80. The molecule has 2 atom stereocenters. The van der Waals surface area contributed by atoms with E-state index in [9.17, 15) is 0 Å². The molecule has 0 aromatic rings. The Morgan fingerprint density at radius 1 is 1.10 bits per heavy atom. The van der Waals surface area contributed by atoms with E-state index < -0.39 is 0 Å². The maximum absolute atomic E-state index is 3.91. The van der Waals surface area contributed by atoms with E-state index in [-0.39, 0.29) is 0 Å². The van der Waals surface area contributed by atoms with Crippen molar-refractivity contribution in [2.75, 3.05) is 19.6 Å². The number of nitrogens with zero attached hydrogens (tertiary/aromatic N) is 1. The number of hydrogen-bond acceptors (Lipinski definition) is 2. The summed E-state index contributed by atoms with van der Waals surface area (Å²) in [6.07, 6.45) is 9.54. The average molecular weight is 295 g/mol. The van der Waals surface area contributed by atoms with Gasteiger partial charge in [-0.25, -0.2) is 0 Å². The topological polar surface area (TPSA) is 15.3 Å². The molecule has 2 nitrogen and oxygen atoms in total. The molecule has 1 saturated heterocycles. The van der Waals surface area contributed by atoms with Crippen molar-refractivity contribution in [3.63, 3.8) is 0 Å². The number of hydrogen-bond donors (Lipinski definition) is 1. The Hall–Kier alpha value is -0.0800. The van der Waals surface area contributed by atoms with Gasteiger partial charge in [0.15, 0.2) is 0 Å². The third-order valence-electron chi connectivity index (χ3n) is 6.60. The second-order valence-corrected chi connectivity index (χ2v) is 8.31. The third-order valence-corrected chi connectivity index (χ3v) is 6.60. The lowest BCUT2D eigenvalue weighted by Crippen LogP contribution is -2.58. The molecule has 1 saturated carbocycles. The number of likely N-dealkylation sites (tertiary alicyclic amines) is 1. The highest BCUT2D eigenvalue weighted by Crippen LogP contribution is 2.43. The van der Waals surface area contributed by atoms with Crippen molar-refractivity contribution in [1.82, 2.24) is 10.2 Å². The first-order valence-corrected chi connectivity index (χ1v) is 9.45. The fourth-order valence-electron chi connectivity index (χ4n) is 4.80. The molecule has 2 rings (SSSR count). The predicted octanol–water partition coefficient (Wildman–Crippen LogP) is 4.45. The van der Waals surface area contributed by atoms with Crippen molar-refractivity contribution in [3.8, 4) is 0 Å². The Kier molecular flexibility index (Phi) is 5.76. The fraction of sp³-hybridized carbons (Fsp3) is 1.00. The average Bonchev–Trinajstić information content (AvgIpc) is 2.90. The van der Waals surface area contributed by atoms with E-state index in [1.54, 1.807) is 0 Å². The first kappa shape index (κ1) is 17.3. The Balaban J connectivity index is 2.09. The summed E-state index contributed by atoms with van der Waals surface area (Å²) in [5.41, 5.74) is 1.05. The van der Waals surface area contributed by atoms with Gasteiger partial charge in [0.25, 0.3) is 0 Å². The van der Waals surface area contributed by atoms with Crippen LogP contribution in [0.25, 0.3) is 0 Å². The molecule has 1 heterocycles. The normalized spacial score (nSPS) is 32.4.